The second-order valence-corrected chi connectivity index (χ2v) is 3.74. The van der Waals surface area contributed by atoms with E-state index in [9.17, 15) is 0 Å². The monoisotopic (exact) mass is 250 g/mol. The van der Waals surface area contributed by atoms with Crippen LogP contribution in [0, 0.1) is 0 Å². The maximum atomic E-state index is 5.55. The molecule has 0 spiro atoms. The second-order valence-electron chi connectivity index (χ2n) is 3.74. The van der Waals surface area contributed by atoms with Gasteiger partial charge < -0.3 is 14.2 Å². The highest BCUT2D eigenvalue weighted by Crippen LogP contribution is 2.21. The summed E-state index contributed by atoms with van der Waals surface area (Å²) in [4.78, 5) is 0. The molecule has 0 aliphatic rings. The summed E-state index contributed by atoms with van der Waals surface area (Å²) in [5.74, 6) is 0.854. The van der Waals surface area contributed by atoms with Crippen molar-refractivity contribution in [3.8, 4) is 5.75 Å². The molecule has 3 nitrogen and oxygen atoms in total. The van der Waals surface area contributed by atoms with Crippen LogP contribution in [0.1, 0.15) is 32.1 Å². The molecule has 1 aromatic rings. The van der Waals surface area contributed by atoms with Gasteiger partial charge in [0.15, 0.2) is 6.29 Å². The third-order valence-corrected chi connectivity index (χ3v) is 2.38. The van der Waals surface area contributed by atoms with Crippen molar-refractivity contribution in [2.75, 3.05) is 19.8 Å². The fraction of sp³-hybridized carbons (Fsp3) is 0.467. The van der Waals surface area contributed by atoms with Gasteiger partial charge >= 0.3 is 0 Å². The minimum atomic E-state index is -0.290. The molecule has 0 fully saturated rings. The zero-order valence-electron chi connectivity index (χ0n) is 11.2. The fourth-order valence-corrected chi connectivity index (χ4v) is 1.52. The van der Waals surface area contributed by atoms with Gasteiger partial charge in [0.1, 0.15) is 5.75 Å². The van der Waals surface area contributed by atoms with E-state index in [1.165, 1.54) is 0 Å². The van der Waals surface area contributed by atoms with Crippen molar-refractivity contribution in [1.82, 2.24) is 0 Å². The maximum Gasteiger partial charge on any atom is 0.183 e. The molecule has 0 aliphatic carbocycles. The summed E-state index contributed by atoms with van der Waals surface area (Å²) in [7, 11) is 0. The number of ether oxygens (including phenoxy) is 3. The van der Waals surface area contributed by atoms with E-state index in [-0.39, 0.29) is 6.29 Å². The molecule has 0 aromatic heterocycles. The Morgan fingerprint density at radius 3 is 2.22 bits per heavy atom. The number of hydrogen-bond donors (Lipinski definition) is 0. The van der Waals surface area contributed by atoms with Gasteiger partial charge in [-0.25, -0.2) is 0 Å². The molecule has 0 heterocycles. The van der Waals surface area contributed by atoms with Gasteiger partial charge in [0.05, 0.1) is 6.61 Å². The Hall–Kier alpha value is -1.32. The third kappa shape index (κ3) is 4.90. The highest BCUT2D eigenvalue weighted by molar-refractivity contribution is 5.28. The van der Waals surface area contributed by atoms with Crippen LogP contribution < -0.4 is 4.74 Å². The summed E-state index contributed by atoms with van der Waals surface area (Å²) in [6.07, 6.45) is 2.40. The third-order valence-electron chi connectivity index (χ3n) is 2.38. The Morgan fingerprint density at radius 2 is 1.72 bits per heavy atom. The standard InChI is InChI=1S/C15H22O3/c1-4-7-12-18-14-10-8-13(9-11-14)15(16-5-2)17-6-3/h4,8-11,15H,1,5-7,12H2,2-3H3. The van der Waals surface area contributed by atoms with Gasteiger partial charge in [0.2, 0.25) is 0 Å². The molecule has 0 aliphatic heterocycles. The quantitative estimate of drug-likeness (QED) is 0.380. The first kappa shape index (κ1) is 14.7. The lowest BCUT2D eigenvalue weighted by molar-refractivity contribution is -0.140. The summed E-state index contributed by atoms with van der Waals surface area (Å²) in [5.41, 5.74) is 1.01. The smallest absolute Gasteiger partial charge is 0.183 e. The average molecular weight is 250 g/mol. The zero-order valence-corrected chi connectivity index (χ0v) is 11.2. The second kappa shape index (κ2) is 8.72. The Kier molecular flexibility index (Phi) is 7.14. The number of hydrogen-bond acceptors (Lipinski definition) is 3. The van der Waals surface area contributed by atoms with E-state index in [1.54, 1.807) is 0 Å². The molecule has 100 valence electrons. The molecule has 3 heteroatoms. The van der Waals surface area contributed by atoms with Crippen LogP contribution in [-0.2, 0) is 9.47 Å². The summed E-state index contributed by atoms with van der Waals surface area (Å²) in [6, 6.07) is 7.81. The predicted octanol–water partition coefficient (Wildman–Crippen LogP) is 3.71. The van der Waals surface area contributed by atoms with E-state index in [4.69, 9.17) is 14.2 Å². The summed E-state index contributed by atoms with van der Waals surface area (Å²) >= 11 is 0. The van der Waals surface area contributed by atoms with E-state index in [2.05, 4.69) is 6.58 Å². The first-order chi connectivity index (χ1) is 8.81. The molecule has 0 unspecified atom stereocenters. The molecule has 18 heavy (non-hydrogen) atoms. The molecule has 0 saturated carbocycles. The number of benzene rings is 1. The van der Waals surface area contributed by atoms with Crippen LogP contribution in [0.15, 0.2) is 36.9 Å². The lowest BCUT2D eigenvalue weighted by atomic mass is 10.2. The fourth-order valence-electron chi connectivity index (χ4n) is 1.52. The van der Waals surface area contributed by atoms with Crippen LogP contribution in [0.25, 0.3) is 0 Å². The highest BCUT2D eigenvalue weighted by Gasteiger charge is 2.10. The molecular weight excluding hydrogens is 228 g/mol. The van der Waals surface area contributed by atoms with Crippen molar-refractivity contribution in [3.05, 3.63) is 42.5 Å². The van der Waals surface area contributed by atoms with Crippen molar-refractivity contribution in [2.24, 2.45) is 0 Å². The molecule has 0 amide bonds. The first-order valence-corrected chi connectivity index (χ1v) is 6.38. The zero-order chi connectivity index (χ0) is 13.2. The van der Waals surface area contributed by atoms with Crippen LogP contribution >= 0.6 is 0 Å². The Bertz CT molecular complexity index is 326. The van der Waals surface area contributed by atoms with Crippen LogP contribution in [0.3, 0.4) is 0 Å². The van der Waals surface area contributed by atoms with Crippen LogP contribution in [0.4, 0.5) is 0 Å². The van der Waals surface area contributed by atoms with Crippen molar-refractivity contribution >= 4 is 0 Å². The van der Waals surface area contributed by atoms with E-state index in [0.29, 0.717) is 19.8 Å². The van der Waals surface area contributed by atoms with Gasteiger partial charge in [-0.15, -0.1) is 6.58 Å². The van der Waals surface area contributed by atoms with Crippen molar-refractivity contribution in [2.45, 2.75) is 26.6 Å². The van der Waals surface area contributed by atoms with Crippen molar-refractivity contribution in [3.63, 3.8) is 0 Å². The Labute approximate surface area is 109 Å². The van der Waals surface area contributed by atoms with Crippen LogP contribution in [0.2, 0.25) is 0 Å². The lowest BCUT2D eigenvalue weighted by Gasteiger charge is -2.17. The molecule has 0 N–H and O–H groups in total. The van der Waals surface area contributed by atoms with E-state index in [1.807, 2.05) is 44.2 Å². The van der Waals surface area contributed by atoms with Crippen LogP contribution in [-0.4, -0.2) is 19.8 Å². The SMILES string of the molecule is C=CCCOc1ccc(C(OCC)OCC)cc1. The van der Waals surface area contributed by atoms with E-state index in [0.717, 1.165) is 17.7 Å². The molecular formula is C15H22O3. The Morgan fingerprint density at radius 1 is 1.11 bits per heavy atom. The van der Waals surface area contributed by atoms with Crippen LogP contribution in [0.5, 0.6) is 5.75 Å². The van der Waals surface area contributed by atoms with Gasteiger partial charge in [-0.05, 0) is 32.4 Å². The largest absolute Gasteiger partial charge is 0.493 e. The topological polar surface area (TPSA) is 27.7 Å². The summed E-state index contributed by atoms with van der Waals surface area (Å²) in [5, 5.41) is 0. The van der Waals surface area contributed by atoms with E-state index >= 15 is 0 Å². The number of rotatable bonds is 9. The maximum absolute atomic E-state index is 5.55. The van der Waals surface area contributed by atoms with Gasteiger partial charge in [-0.3, -0.25) is 0 Å². The molecule has 0 atom stereocenters. The molecule has 1 rings (SSSR count). The average Bonchev–Trinajstić information content (AvgIpc) is 2.40. The van der Waals surface area contributed by atoms with Gasteiger partial charge in [0, 0.05) is 18.8 Å². The van der Waals surface area contributed by atoms with Gasteiger partial charge in [-0.2, -0.15) is 0 Å². The molecule has 0 bridgehead atoms. The summed E-state index contributed by atoms with van der Waals surface area (Å²) in [6.45, 7) is 9.48. The minimum Gasteiger partial charge on any atom is -0.493 e. The van der Waals surface area contributed by atoms with Crippen molar-refractivity contribution in [1.29, 1.82) is 0 Å². The highest BCUT2D eigenvalue weighted by atomic mass is 16.7. The lowest BCUT2D eigenvalue weighted by Crippen LogP contribution is -2.08. The predicted molar refractivity (Wildman–Crippen MR) is 72.7 cm³/mol. The van der Waals surface area contributed by atoms with Gasteiger partial charge in [0.25, 0.3) is 0 Å². The molecule has 0 radical (unpaired) electrons. The molecule has 0 saturated heterocycles. The molecule has 1 aromatic carbocycles. The normalized spacial score (nSPS) is 10.6. The van der Waals surface area contributed by atoms with Crippen molar-refractivity contribution < 1.29 is 14.2 Å². The Balaban J connectivity index is 2.58. The first-order valence-electron chi connectivity index (χ1n) is 6.38. The van der Waals surface area contributed by atoms with Gasteiger partial charge in [-0.1, -0.05) is 18.2 Å². The minimum absolute atomic E-state index is 0.290. The summed E-state index contributed by atoms with van der Waals surface area (Å²) < 4.78 is 16.6. The van der Waals surface area contributed by atoms with E-state index < -0.39 is 0 Å².